The van der Waals surface area contributed by atoms with Crippen molar-refractivity contribution in [3.63, 3.8) is 0 Å². The number of aromatic nitrogens is 1. The van der Waals surface area contributed by atoms with Crippen LogP contribution < -0.4 is 5.32 Å². The second-order valence-electron chi connectivity index (χ2n) is 3.69. The molecule has 0 aliphatic heterocycles. The maximum atomic E-state index is 11.8. The van der Waals surface area contributed by atoms with Gasteiger partial charge in [-0.1, -0.05) is 11.2 Å². The van der Waals surface area contributed by atoms with Crippen molar-refractivity contribution in [3.8, 4) is 0 Å². The maximum Gasteiger partial charge on any atom is 0.323 e. The number of anilines is 1. The molecule has 0 radical (unpaired) electrons. The largest absolute Gasteiger partial charge is 0.360 e. The summed E-state index contributed by atoms with van der Waals surface area (Å²) in [6.45, 7) is 2.36. The number of urea groups is 1. The summed E-state index contributed by atoms with van der Waals surface area (Å²) >= 11 is 1.62. The van der Waals surface area contributed by atoms with Crippen LogP contribution in [0.2, 0.25) is 0 Å². The maximum absolute atomic E-state index is 11.8. The monoisotopic (exact) mass is 251 g/mol. The van der Waals surface area contributed by atoms with Gasteiger partial charge in [-0.05, 0) is 18.4 Å². The summed E-state index contributed by atoms with van der Waals surface area (Å²) in [6, 6.07) is 5.44. The summed E-state index contributed by atoms with van der Waals surface area (Å²) in [6.07, 6.45) is 0. The number of rotatable bonds is 3. The number of hydrogen-bond acceptors (Lipinski definition) is 4. The number of nitrogens with one attached hydrogen (secondary N) is 1. The molecule has 90 valence electrons. The second kappa shape index (κ2) is 5.01. The lowest BCUT2D eigenvalue weighted by molar-refractivity contribution is 0.221. The molecule has 2 aromatic heterocycles. The van der Waals surface area contributed by atoms with E-state index in [1.54, 1.807) is 36.3 Å². The van der Waals surface area contributed by atoms with E-state index in [1.807, 2.05) is 17.5 Å². The Kier molecular flexibility index (Phi) is 3.43. The molecule has 0 saturated heterocycles. The number of thiophene rings is 1. The van der Waals surface area contributed by atoms with Crippen LogP contribution >= 0.6 is 11.3 Å². The number of aryl methyl sites for hydroxylation is 1. The Bertz CT molecular complexity index is 493. The summed E-state index contributed by atoms with van der Waals surface area (Å²) in [7, 11) is 1.74. The SMILES string of the molecule is Cc1cc(NC(=O)N(C)Cc2cccs2)no1. The van der Waals surface area contributed by atoms with Crippen molar-refractivity contribution in [2.75, 3.05) is 12.4 Å². The molecule has 2 rings (SSSR count). The summed E-state index contributed by atoms with van der Waals surface area (Å²) in [5, 5.41) is 8.35. The number of nitrogens with zero attached hydrogens (tertiary/aromatic N) is 2. The molecule has 0 fully saturated rings. The van der Waals surface area contributed by atoms with Gasteiger partial charge in [0.1, 0.15) is 5.76 Å². The predicted octanol–water partition coefficient (Wildman–Crippen LogP) is 2.71. The Morgan fingerprint density at radius 3 is 3.06 bits per heavy atom. The quantitative estimate of drug-likeness (QED) is 0.912. The minimum Gasteiger partial charge on any atom is -0.360 e. The molecular formula is C11H13N3O2S. The highest BCUT2D eigenvalue weighted by atomic mass is 32.1. The molecule has 1 N–H and O–H groups in total. The minimum atomic E-state index is -0.202. The Hall–Kier alpha value is -1.82. The molecular weight excluding hydrogens is 238 g/mol. The third kappa shape index (κ3) is 3.07. The predicted molar refractivity (Wildman–Crippen MR) is 66.0 cm³/mol. The first-order chi connectivity index (χ1) is 8.15. The van der Waals surface area contributed by atoms with E-state index in [-0.39, 0.29) is 6.03 Å². The molecule has 0 aromatic carbocycles. The van der Waals surface area contributed by atoms with Crippen LogP contribution in [-0.4, -0.2) is 23.1 Å². The van der Waals surface area contributed by atoms with Gasteiger partial charge in [0.15, 0.2) is 5.82 Å². The van der Waals surface area contributed by atoms with Crippen molar-refractivity contribution in [1.82, 2.24) is 10.1 Å². The van der Waals surface area contributed by atoms with Gasteiger partial charge in [-0.15, -0.1) is 11.3 Å². The normalized spacial score (nSPS) is 10.2. The number of carbonyl (C=O) groups is 1. The fourth-order valence-electron chi connectivity index (χ4n) is 1.34. The van der Waals surface area contributed by atoms with Gasteiger partial charge in [0, 0.05) is 18.0 Å². The fourth-order valence-corrected chi connectivity index (χ4v) is 2.10. The van der Waals surface area contributed by atoms with Gasteiger partial charge < -0.3 is 9.42 Å². The molecule has 5 nitrogen and oxygen atoms in total. The van der Waals surface area contributed by atoms with Gasteiger partial charge in [0.2, 0.25) is 0 Å². The van der Waals surface area contributed by atoms with Crippen molar-refractivity contribution in [2.24, 2.45) is 0 Å². The number of amides is 2. The highest BCUT2D eigenvalue weighted by Crippen LogP contribution is 2.12. The lowest BCUT2D eigenvalue weighted by atomic mass is 10.4. The Balaban J connectivity index is 1.91. The standard InChI is InChI=1S/C11H13N3O2S/c1-8-6-10(13-16-8)12-11(15)14(2)7-9-4-3-5-17-9/h3-6H,7H2,1-2H3,(H,12,13,15). The Morgan fingerprint density at radius 2 is 2.47 bits per heavy atom. The second-order valence-corrected chi connectivity index (χ2v) is 4.72. The summed E-state index contributed by atoms with van der Waals surface area (Å²) in [5.41, 5.74) is 0. The van der Waals surface area contributed by atoms with Crippen molar-refractivity contribution in [1.29, 1.82) is 0 Å². The average molecular weight is 251 g/mol. The average Bonchev–Trinajstić information content (AvgIpc) is 2.90. The zero-order valence-corrected chi connectivity index (χ0v) is 10.5. The summed E-state index contributed by atoms with van der Waals surface area (Å²) < 4.78 is 4.87. The molecule has 0 spiro atoms. The van der Waals surface area contributed by atoms with Gasteiger partial charge in [-0.25, -0.2) is 4.79 Å². The van der Waals surface area contributed by atoms with Crippen LogP contribution in [0, 0.1) is 6.92 Å². The molecule has 0 saturated carbocycles. The molecule has 2 amide bonds. The highest BCUT2D eigenvalue weighted by Gasteiger charge is 2.11. The van der Waals surface area contributed by atoms with E-state index in [9.17, 15) is 4.79 Å². The van der Waals surface area contributed by atoms with Gasteiger partial charge in [-0.3, -0.25) is 5.32 Å². The lowest BCUT2D eigenvalue weighted by Crippen LogP contribution is -2.30. The highest BCUT2D eigenvalue weighted by molar-refractivity contribution is 7.09. The molecule has 0 aliphatic rings. The Morgan fingerprint density at radius 1 is 1.65 bits per heavy atom. The molecule has 2 heterocycles. The van der Waals surface area contributed by atoms with Crippen LogP contribution in [-0.2, 0) is 6.54 Å². The van der Waals surface area contributed by atoms with E-state index in [0.29, 0.717) is 18.1 Å². The van der Waals surface area contributed by atoms with Crippen LogP contribution in [0.15, 0.2) is 28.1 Å². The van der Waals surface area contributed by atoms with E-state index in [0.717, 1.165) is 4.88 Å². The van der Waals surface area contributed by atoms with Crippen molar-refractivity contribution in [2.45, 2.75) is 13.5 Å². The summed E-state index contributed by atoms with van der Waals surface area (Å²) in [4.78, 5) is 14.5. The van der Waals surface area contributed by atoms with Crippen molar-refractivity contribution in [3.05, 3.63) is 34.2 Å². The summed E-state index contributed by atoms with van der Waals surface area (Å²) in [5.74, 6) is 1.10. The van der Waals surface area contributed by atoms with Gasteiger partial charge in [0.05, 0.1) is 6.54 Å². The molecule has 0 atom stereocenters. The van der Waals surface area contributed by atoms with Gasteiger partial charge >= 0.3 is 6.03 Å². The molecule has 2 aromatic rings. The van der Waals surface area contributed by atoms with Crippen LogP contribution in [0.1, 0.15) is 10.6 Å². The van der Waals surface area contributed by atoms with Gasteiger partial charge in [-0.2, -0.15) is 0 Å². The lowest BCUT2D eigenvalue weighted by Gasteiger charge is -2.15. The van der Waals surface area contributed by atoms with Crippen molar-refractivity contribution < 1.29 is 9.32 Å². The zero-order valence-electron chi connectivity index (χ0n) is 9.64. The first-order valence-corrected chi connectivity index (χ1v) is 6.01. The van der Waals surface area contributed by atoms with Crippen LogP contribution in [0.4, 0.5) is 10.6 Å². The van der Waals surface area contributed by atoms with E-state index in [4.69, 9.17) is 4.52 Å². The Labute approximate surface area is 103 Å². The van der Waals surface area contributed by atoms with Crippen molar-refractivity contribution >= 4 is 23.2 Å². The molecule has 0 unspecified atom stereocenters. The molecule has 0 bridgehead atoms. The number of carbonyl (C=O) groups excluding carboxylic acids is 1. The van der Waals surface area contributed by atoms with Crippen LogP contribution in [0.25, 0.3) is 0 Å². The molecule has 6 heteroatoms. The first-order valence-electron chi connectivity index (χ1n) is 5.13. The van der Waals surface area contributed by atoms with E-state index in [1.165, 1.54) is 0 Å². The molecule has 17 heavy (non-hydrogen) atoms. The van der Waals surface area contributed by atoms with Crippen LogP contribution in [0.3, 0.4) is 0 Å². The fraction of sp³-hybridized carbons (Fsp3) is 0.273. The van der Waals surface area contributed by atoms with E-state index >= 15 is 0 Å². The third-order valence-corrected chi connectivity index (χ3v) is 3.04. The van der Waals surface area contributed by atoms with Gasteiger partial charge in [0.25, 0.3) is 0 Å². The smallest absolute Gasteiger partial charge is 0.323 e. The van der Waals surface area contributed by atoms with E-state index < -0.39 is 0 Å². The van der Waals surface area contributed by atoms with Crippen LogP contribution in [0.5, 0.6) is 0 Å². The third-order valence-electron chi connectivity index (χ3n) is 2.18. The van der Waals surface area contributed by atoms with E-state index in [2.05, 4.69) is 10.5 Å². The zero-order chi connectivity index (χ0) is 12.3. The first kappa shape index (κ1) is 11.7. The minimum absolute atomic E-state index is 0.202. The topological polar surface area (TPSA) is 58.4 Å². The number of hydrogen-bond donors (Lipinski definition) is 1. The molecule has 0 aliphatic carbocycles.